The number of carbonyl (C=O) groups is 3. The molecule has 5 saturated heterocycles. The van der Waals surface area contributed by atoms with Gasteiger partial charge in [0.1, 0.15) is 29.5 Å². The molecule has 2 bridgehead atoms. The highest BCUT2D eigenvalue weighted by Gasteiger charge is 2.41. The highest BCUT2D eigenvalue weighted by atomic mass is 19.1. The van der Waals surface area contributed by atoms with Crippen molar-refractivity contribution in [3.63, 3.8) is 0 Å². The number of aromatic nitrogens is 2. The fourth-order valence-corrected chi connectivity index (χ4v) is 10.8. The number of hydrogen-bond donors (Lipinski definition) is 3. The third kappa shape index (κ3) is 8.05. The van der Waals surface area contributed by atoms with E-state index in [1.165, 1.54) is 17.3 Å². The average molecular weight is 875 g/mol. The number of carbonyl (C=O) groups excluding carboxylic acids is 3. The van der Waals surface area contributed by atoms with Crippen LogP contribution in [0.2, 0.25) is 0 Å². The minimum atomic E-state index is -0.380. The second kappa shape index (κ2) is 17.3. The largest absolute Gasteiger partial charge is 0.507 e. The van der Waals surface area contributed by atoms with Gasteiger partial charge in [0.2, 0.25) is 11.8 Å². The maximum atomic E-state index is 15.4. The number of ether oxygens (including phenoxy) is 2. The fraction of sp³-hybridized carbons (Fsp3) is 0.468. The quantitative estimate of drug-likeness (QED) is 0.213. The van der Waals surface area contributed by atoms with Crippen LogP contribution in [0.25, 0.3) is 11.3 Å². The van der Waals surface area contributed by atoms with Crippen molar-refractivity contribution < 1.29 is 33.4 Å². The van der Waals surface area contributed by atoms with Crippen LogP contribution < -0.4 is 35.4 Å². The molecule has 3 atom stereocenters. The number of rotatable bonds is 8. The number of fused-ring (bicyclic) bond motifs is 3. The van der Waals surface area contributed by atoms with E-state index < -0.39 is 0 Å². The number of amides is 4. The molecule has 4 N–H and O–H groups in total. The Morgan fingerprint density at radius 1 is 0.859 bits per heavy atom. The van der Waals surface area contributed by atoms with Crippen molar-refractivity contribution in [3.8, 4) is 22.8 Å². The Balaban J connectivity index is 0.730. The molecular formula is C47H55FN10O6. The highest BCUT2D eigenvalue weighted by Crippen LogP contribution is 2.40. The number of benzene rings is 3. The Kier molecular flexibility index (Phi) is 11.3. The van der Waals surface area contributed by atoms with E-state index in [0.717, 1.165) is 56.0 Å². The number of urea groups is 1. The van der Waals surface area contributed by atoms with Crippen molar-refractivity contribution in [1.29, 1.82) is 0 Å². The van der Waals surface area contributed by atoms with Crippen molar-refractivity contribution in [1.82, 2.24) is 25.3 Å². The molecule has 0 aliphatic carbocycles. The first-order chi connectivity index (χ1) is 31.1. The van der Waals surface area contributed by atoms with Gasteiger partial charge < -0.3 is 49.7 Å². The number of phenolic OH excluding ortho intramolecular Hbond substituents is 1. The number of nitrogens with two attached hydrogens (primary N) is 1. The SMILES string of the molecule is CN(C(=O)N1CCC(Oc2cc(F)cc(N3[C@H]4COC[C@H]3CN(c3cc(-c5ccccc5O)nnc3N)C4)c2)CC1)C1CCN(c2cccc3c2CCN3[C@@H]2CCC(=O)NC2=O)CC1. The molecule has 17 heteroatoms. The number of hydrogen-bond acceptors (Lipinski definition) is 13. The predicted octanol–water partition coefficient (Wildman–Crippen LogP) is 4.40. The molecule has 5 fully saturated rings. The van der Waals surface area contributed by atoms with Crippen LogP contribution in [-0.4, -0.2) is 139 Å². The van der Waals surface area contributed by atoms with Crippen molar-refractivity contribution >= 4 is 46.4 Å². The molecule has 0 saturated carbocycles. The lowest BCUT2D eigenvalue weighted by Crippen LogP contribution is -2.65. The molecule has 16 nitrogen and oxygen atoms in total. The number of nitrogens with zero attached hydrogens (tertiary/aromatic N) is 8. The summed E-state index contributed by atoms with van der Waals surface area (Å²) in [6.45, 7) is 5.52. The van der Waals surface area contributed by atoms with Gasteiger partial charge in [-0.05, 0) is 62.1 Å². The number of imide groups is 1. The minimum Gasteiger partial charge on any atom is -0.507 e. The lowest BCUT2D eigenvalue weighted by Gasteiger charge is -2.51. The van der Waals surface area contributed by atoms with E-state index >= 15 is 4.39 Å². The topological polar surface area (TPSA) is 173 Å². The van der Waals surface area contributed by atoms with Gasteiger partial charge >= 0.3 is 6.03 Å². The van der Waals surface area contributed by atoms with E-state index in [9.17, 15) is 19.5 Å². The molecule has 6 aliphatic rings. The number of para-hydroxylation sites is 1. The zero-order chi connectivity index (χ0) is 44.1. The van der Waals surface area contributed by atoms with Gasteiger partial charge in [-0.25, -0.2) is 9.18 Å². The summed E-state index contributed by atoms with van der Waals surface area (Å²) < 4.78 is 27.8. The molecule has 336 valence electrons. The lowest BCUT2D eigenvalue weighted by atomic mass is 10.0. The summed E-state index contributed by atoms with van der Waals surface area (Å²) in [5, 5.41) is 21.4. The third-order valence-electron chi connectivity index (χ3n) is 14.0. The zero-order valence-corrected chi connectivity index (χ0v) is 36.1. The predicted molar refractivity (Wildman–Crippen MR) is 240 cm³/mol. The Morgan fingerprint density at radius 2 is 1.61 bits per heavy atom. The van der Waals surface area contributed by atoms with Gasteiger partial charge in [0.05, 0.1) is 36.7 Å². The third-order valence-corrected chi connectivity index (χ3v) is 14.0. The second-order valence-corrected chi connectivity index (χ2v) is 17.9. The number of aromatic hydroxyl groups is 1. The van der Waals surface area contributed by atoms with Gasteiger partial charge in [-0.3, -0.25) is 14.9 Å². The Bertz CT molecular complexity index is 2410. The average Bonchev–Trinajstić information content (AvgIpc) is 3.73. The standard InChI is InChI=1S/C47H55FN10O6/c1-53(30-11-16-54(17-12-30)39-6-4-7-40-37(39)15-20-57(40)41-9-10-44(60)50-46(41)61)47(62)55-18-13-34(14-19-55)64-35-22-29(48)21-31(23-35)58-32-25-56(26-33(58)28-63-27-32)42-24-38(51-52-45(42)49)36-5-2-3-8-43(36)59/h2-8,21-24,30,32-34,41,59H,9-20,25-28H2,1H3,(H2,49,52)(H,50,60,61)/t32-,33-,41-/m1/s1. The maximum absolute atomic E-state index is 15.4. The van der Waals surface area contributed by atoms with Crippen molar-refractivity contribution in [3.05, 3.63) is 78.1 Å². The van der Waals surface area contributed by atoms with Crippen LogP contribution in [0.5, 0.6) is 11.5 Å². The summed E-state index contributed by atoms with van der Waals surface area (Å²) in [6, 6.07) is 19.7. The molecule has 0 radical (unpaired) electrons. The second-order valence-electron chi connectivity index (χ2n) is 17.9. The van der Waals surface area contributed by atoms with Gasteiger partial charge in [-0.15, -0.1) is 10.2 Å². The first-order valence-electron chi connectivity index (χ1n) is 22.6. The molecule has 0 unspecified atom stereocenters. The zero-order valence-electron chi connectivity index (χ0n) is 36.1. The van der Waals surface area contributed by atoms with Gasteiger partial charge in [0.15, 0.2) is 5.82 Å². The molecule has 10 rings (SSSR count). The van der Waals surface area contributed by atoms with Crippen LogP contribution in [0, 0.1) is 5.82 Å². The normalized spacial score (nSPS) is 23.0. The van der Waals surface area contributed by atoms with E-state index in [-0.39, 0.29) is 59.7 Å². The summed E-state index contributed by atoms with van der Waals surface area (Å²) >= 11 is 0. The maximum Gasteiger partial charge on any atom is 0.319 e. The van der Waals surface area contributed by atoms with E-state index in [1.807, 2.05) is 35.0 Å². The summed E-state index contributed by atoms with van der Waals surface area (Å²) in [5.41, 5.74) is 12.4. The van der Waals surface area contributed by atoms with Crippen LogP contribution in [0.3, 0.4) is 0 Å². The number of phenols is 1. The van der Waals surface area contributed by atoms with Crippen LogP contribution >= 0.6 is 0 Å². The van der Waals surface area contributed by atoms with Crippen LogP contribution in [-0.2, 0) is 20.7 Å². The van der Waals surface area contributed by atoms with Crippen LogP contribution in [0.15, 0.2) is 66.7 Å². The first kappa shape index (κ1) is 41.6. The number of likely N-dealkylation sites (tertiary alicyclic amines) is 1. The number of halogens is 1. The fourth-order valence-electron chi connectivity index (χ4n) is 10.8. The van der Waals surface area contributed by atoms with Crippen LogP contribution in [0.1, 0.15) is 44.1 Å². The monoisotopic (exact) mass is 874 g/mol. The molecule has 7 heterocycles. The van der Waals surface area contributed by atoms with Crippen molar-refractivity contribution in [2.45, 2.75) is 75.2 Å². The van der Waals surface area contributed by atoms with Crippen molar-refractivity contribution in [2.75, 3.05) is 91.4 Å². The summed E-state index contributed by atoms with van der Waals surface area (Å²) in [5.74, 6) is 0.0751. The molecule has 4 aromatic rings. The van der Waals surface area contributed by atoms with E-state index in [1.54, 1.807) is 24.3 Å². The molecule has 1 aromatic heterocycles. The Labute approximate surface area is 371 Å². The first-order valence-corrected chi connectivity index (χ1v) is 22.6. The number of nitrogens with one attached hydrogen (secondary N) is 1. The molecule has 64 heavy (non-hydrogen) atoms. The van der Waals surface area contributed by atoms with E-state index in [2.05, 4.69) is 53.3 Å². The van der Waals surface area contributed by atoms with Gasteiger partial charge in [0, 0.05) is 118 Å². The number of morpholine rings is 1. The summed E-state index contributed by atoms with van der Waals surface area (Å²) in [7, 11) is 1.91. The van der Waals surface area contributed by atoms with E-state index in [4.69, 9.17) is 15.2 Å². The molecule has 0 spiro atoms. The number of piperazine rings is 1. The van der Waals surface area contributed by atoms with Gasteiger partial charge in [-0.1, -0.05) is 18.2 Å². The number of piperidine rings is 3. The molecular weight excluding hydrogens is 820 g/mol. The van der Waals surface area contributed by atoms with Gasteiger partial charge in [-0.2, -0.15) is 0 Å². The van der Waals surface area contributed by atoms with Crippen molar-refractivity contribution in [2.24, 2.45) is 0 Å². The van der Waals surface area contributed by atoms with Crippen LogP contribution in [0.4, 0.5) is 37.8 Å². The number of anilines is 5. The van der Waals surface area contributed by atoms with Gasteiger partial charge in [0.25, 0.3) is 0 Å². The lowest BCUT2D eigenvalue weighted by molar-refractivity contribution is -0.134. The molecule has 3 aromatic carbocycles. The molecule has 4 amide bonds. The smallest absolute Gasteiger partial charge is 0.319 e. The highest BCUT2D eigenvalue weighted by molar-refractivity contribution is 6.02. The summed E-state index contributed by atoms with van der Waals surface area (Å²) in [6.07, 6.45) is 4.56. The minimum absolute atomic E-state index is 0.0251. The van der Waals surface area contributed by atoms with E-state index in [0.29, 0.717) is 87.9 Å². The number of nitrogen functional groups attached to an aromatic ring is 1. The Morgan fingerprint density at radius 3 is 2.36 bits per heavy atom. The summed E-state index contributed by atoms with van der Waals surface area (Å²) in [4.78, 5) is 51.1. The molecule has 6 aliphatic heterocycles. The Hall–Kier alpha value is -6.36.